The van der Waals surface area contributed by atoms with Crippen LogP contribution in [0.1, 0.15) is 11.7 Å². The summed E-state index contributed by atoms with van der Waals surface area (Å²) in [6.07, 6.45) is -0.808. The summed E-state index contributed by atoms with van der Waals surface area (Å²) < 4.78 is 23.0. The van der Waals surface area contributed by atoms with Crippen LogP contribution in [0.5, 0.6) is 5.75 Å². The van der Waals surface area contributed by atoms with Gasteiger partial charge in [-0.25, -0.2) is 4.39 Å². The Morgan fingerprint density at radius 2 is 2.18 bits per heavy atom. The van der Waals surface area contributed by atoms with Crippen LogP contribution in [0.25, 0.3) is 0 Å². The lowest BCUT2D eigenvalue weighted by atomic mass is 10.1. The predicted octanol–water partition coefficient (Wildman–Crippen LogP) is 1.10. The van der Waals surface area contributed by atoms with Crippen molar-refractivity contribution in [2.75, 3.05) is 33.9 Å². The van der Waals surface area contributed by atoms with Gasteiger partial charge in [0, 0.05) is 25.8 Å². The Kier molecular flexibility index (Phi) is 5.90. The zero-order valence-corrected chi connectivity index (χ0v) is 10.1. The summed E-state index contributed by atoms with van der Waals surface area (Å²) in [6, 6.07) is 4.08. The van der Waals surface area contributed by atoms with Gasteiger partial charge in [-0.3, -0.25) is 0 Å². The Bertz CT molecular complexity index is 347. The van der Waals surface area contributed by atoms with Gasteiger partial charge in [-0.1, -0.05) is 0 Å². The van der Waals surface area contributed by atoms with Crippen molar-refractivity contribution >= 4 is 0 Å². The Balaban J connectivity index is 2.60. The Morgan fingerprint density at radius 3 is 2.82 bits per heavy atom. The third kappa shape index (κ3) is 4.30. The minimum Gasteiger partial charge on any atom is -0.496 e. The van der Waals surface area contributed by atoms with Gasteiger partial charge in [0.2, 0.25) is 0 Å². The number of benzene rings is 1. The molecule has 0 saturated heterocycles. The maximum atomic E-state index is 13.1. The second kappa shape index (κ2) is 7.21. The van der Waals surface area contributed by atoms with Crippen molar-refractivity contribution in [3.05, 3.63) is 29.6 Å². The highest BCUT2D eigenvalue weighted by molar-refractivity contribution is 5.35. The highest BCUT2D eigenvalue weighted by atomic mass is 19.1. The molecule has 1 aromatic rings. The molecule has 0 saturated carbocycles. The maximum absolute atomic E-state index is 13.1. The van der Waals surface area contributed by atoms with E-state index < -0.39 is 11.9 Å². The summed E-state index contributed by atoms with van der Waals surface area (Å²) in [6.45, 7) is 1.52. The van der Waals surface area contributed by atoms with Gasteiger partial charge in [-0.15, -0.1) is 0 Å². The molecule has 0 bridgehead atoms. The first kappa shape index (κ1) is 13.9. The number of hydrogen-bond acceptors (Lipinski definition) is 4. The number of nitrogens with one attached hydrogen (secondary N) is 1. The van der Waals surface area contributed by atoms with Gasteiger partial charge in [0.25, 0.3) is 0 Å². The summed E-state index contributed by atoms with van der Waals surface area (Å²) in [7, 11) is 3.09. The van der Waals surface area contributed by atoms with E-state index in [4.69, 9.17) is 9.47 Å². The molecular weight excluding hydrogens is 225 g/mol. The largest absolute Gasteiger partial charge is 0.496 e. The topological polar surface area (TPSA) is 50.7 Å². The lowest BCUT2D eigenvalue weighted by molar-refractivity contribution is 0.158. The number of aliphatic hydroxyl groups excluding tert-OH is 1. The molecule has 2 N–H and O–H groups in total. The molecule has 0 heterocycles. The van der Waals surface area contributed by atoms with E-state index in [-0.39, 0.29) is 0 Å². The smallest absolute Gasteiger partial charge is 0.124 e. The van der Waals surface area contributed by atoms with E-state index in [0.717, 1.165) is 0 Å². The quantitative estimate of drug-likeness (QED) is 0.704. The van der Waals surface area contributed by atoms with Crippen molar-refractivity contribution in [3.8, 4) is 5.75 Å². The molecule has 0 amide bonds. The van der Waals surface area contributed by atoms with Crippen LogP contribution >= 0.6 is 0 Å². The molecule has 1 unspecified atom stereocenters. The highest BCUT2D eigenvalue weighted by Gasteiger charge is 2.13. The third-order valence-corrected chi connectivity index (χ3v) is 2.37. The van der Waals surface area contributed by atoms with Crippen LogP contribution in [-0.4, -0.2) is 39.0 Å². The van der Waals surface area contributed by atoms with Crippen LogP contribution < -0.4 is 10.1 Å². The van der Waals surface area contributed by atoms with E-state index in [1.54, 1.807) is 7.11 Å². The highest BCUT2D eigenvalue weighted by Crippen LogP contribution is 2.25. The normalized spacial score (nSPS) is 12.5. The molecule has 0 aliphatic heterocycles. The second-order valence-electron chi connectivity index (χ2n) is 3.60. The molecule has 17 heavy (non-hydrogen) atoms. The fourth-order valence-electron chi connectivity index (χ4n) is 1.49. The van der Waals surface area contributed by atoms with Gasteiger partial charge in [0.1, 0.15) is 11.6 Å². The maximum Gasteiger partial charge on any atom is 0.124 e. The molecule has 0 spiro atoms. The van der Waals surface area contributed by atoms with E-state index in [1.165, 1.54) is 25.3 Å². The lowest BCUT2D eigenvalue weighted by Gasteiger charge is -2.15. The van der Waals surface area contributed by atoms with Crippen LogP contribution in [0.4, 0.5) is 4.39 Å². The Labute approximate surface area is 100 Å². The minimum atomic E-state index is -0.808. The summed E-state index contributed by atoms with van der Waals surface area (Å²) in [5.41, 5.74) is 0.442. The molecule has 4 nitrogen and oxygen atoms in total. The predicted molar refractivity (Wildman–Crippen MR) is 62.7 cm³/mol. The van der Waals surface area contributed by atoms with Gasteiger partial charge in [-0.2, -0.15) is 0 Å². The van der Waals surface area contributed by atoms with E-state index >= 15 is 0 Å². The standard InChI is InChI=1S/C12H18FNO3/c1-16-6-5-14-8-11(15)10-7-9(13)3-4-12(10)17-2/h3-4,7,11,14-15H,5-6,8H2,1-2H3. The fourth-order valence-corrected chi connectivity index (χ4v) is 1.49. The summed E-state index contributed by atoms with van der Waals surface area (Å²) in [5.74, 6) is 0.0872. The van der Waals surface area contributed by atoms with Crippen LogP contribution in [0.2, 0.25) is 0 Å². The van der Waals surface area contributed by atoms with Crippen molar-refractivity contribution in [2.24, 2.45) is 0 Å². The van der Waals surface area contributed by atoms with Gasteiger partial charge in [0.15, 0.2) is 0 Å². The Morgan fingerprint density at radius 1 is 1.41 bits per heavy atom. The first-order chi connectivity index (χ1) is 8.19. The summed E-state index contributed by atoms with van der Waals surface area (Å²) in [4.78, 5) is 0. The third-order valence-electron chi connectivity index (χ3n) is 2.37. The minimum absolute atomic E-state index is 0.323. The molecule has 0 aromatic heterocycles. The summed E-state index contributed by atoms with van der Waals surface area (Å²) in [5, 5.41) is 12.9. The SMILES string of the molecule is COCCNCC(O)c1cc(F)ccc1OC. The molecule has 5 heteroatoms. The van der Waals surface area contributed by atoms with Gasteiger partial charge < -0.3 is 19.9 Å². The molecule has 0 aliphatic rings. The number of hydrogen-bond donors (Lipinski definition) is 2. The van der Waals surface area contributed by atoms with E-state index in [9.17, 15) is 9.50 Å². The van der Waals surface area contributed by atoms with Crippen molar-refractivity contribution in [1.82, 2.24) is 5.32 Å². The number of rotatable bonds is 7. The lowest BCUT2D eigenvalue weighted by Crippen LogP contribution is -2.25. The van der Waals surface area contributed by atoms with Gasteiger partial charge in [-0.05, 0) is 18.2 Å². The fraction of sp³-hybridized carbons (Fsp3) is 0.500. The van der Waals surface area contributed by atoms with E-state index in [2.05, 4.69) is 5.32 Å². The molecular formula is C12H18FNO3. The molecule has 1 rings (SSSR count). The molecule has 0 radical (unpaired) electrons. The number of methoxy groups -OCH3 is 2. The van der Waals surface area contributed by atoms with Crippen molar-refractivity contribution < 1.29 is 19.0 Å². The van der Waals surface area contributed by atoms with Crippen LogP contribution in [0.3, 0.4) is 0 Å². The zero-order chi connectivity index (χ0) is 12.7. The van der Waals surface area contributed by atoms with Crippen molar-refractivity contribution in [3.63, 3.8) is 0 Å². The average Bonchev–Trinajstić information content (AvgIpc) is 2.34. The van der Waals surface area contributed by atoms with Gasteiger partial charge >= 0.3 is 0 Å². The number of aliphatic hydroxyl groups is 1. The molecule has 96 valence electrons. The van der Waals surface area contributed by atoms with Crippen molar-refractivity contribution in [1.29, 1.82) is 0 Å². The van der Waals surface area contributed by atoms with E-state index in [1.807, 2.05) is 0 Å². The second-order valence-corrected chi connectivity index (χ2v) is 3.60. The molecule has 0 fully saturated rings. The zero-order valence-electron chi connectivity index (χ0n) is 10.1. The molecule has 1 aromatic carbocycles. The van der Waals surface area contributed by atoms with E-state index in [0.29, 0.717) is 31.0 Å². The van der Waals surface area contributed by atoms with Crippen molar-refractivity contribution in [2.45, 2.75) is 6.10 Å². The number of ether oxygens (including phenoxy) is 2. The van der Waals surface area contributed by atoms with Crippen LogP contribution in [0.15, 0.2) is 18.2 Å². The van der Waals surface area contributed by atoms with Crippen LogP contribution in [-0.2, 0) is 4.74 Å². The molecule has 0 aliphatic carbocycles. The average molecular weight is 243 g/mol. The monoisotopic (exact) mass is 243 g/mol. The van der Waals surface area contributed by atoms with Gasteiger partial charge in [0.05, 0.1) is 19.8 Å². The first-order valence-corrected chi connectivity index (χ1v) is 5.40. The number of halogens is 1. The summed E-state index contributed by atoms with van der Waals surface area (Å²) >= 11 is 0. The first-order valence-electron chi connectivity index (χ1n) is 5.40. The Hall–Kier alpha value is -1.17. The molecule has 1 atom stereocenters. The van der Waals surface area contributed by atoms with Crippen LogP contribution in [0, 0.1) is 5.82 Å².